The molecule has 0 atom stereocenters. The van der Waals surface area contributed by atoms with Gasteiger partial charge in [-0.05, 0) is 25.0 Å². The molecule has 0 bridgehead atoms. The second kappa shape index (κ2) is 5.83. The molecule has 0 spiro atoms. The molecule has 1 nitrogen and oxygen atoms in total. The third kappa shape index (κ3) is 3.31. The largest absolute Gasteiger partial charge is 0.418 e. The summed E-state index contributed by atoms with van der Waals surface area (Å²) in [5, 5.41) is 2.96. The zero-order valence-corrected chi connectivity index (χ0v) is 11.2. The molecular weight excluding hydrogens is 263 g/mol. The van der Waals surface area contributed by atoms with Gasteiger partial charge >= 0.3 is 6.18 Å². The fourth-order valence-corrected chi connectivity index (χ4v) is 2.22. The molecule has 102 valence electrons. The highest BCUT2D eigenvalue weighted by Gasteiger charge is 2.35. The molecule has 0 unspecified atom stereocenters. The summed E-state index contributed by atoms with van der Waals surface area (Å²) in [6.45, 7) is 3.82. The second-order valence-electron chi connectivity index (χ2n) is 4.29. The van der Waals surface area contributed by atoms with E-state index in [1.54, 1.807) is 6.07 Å². The summed E-state index contributed by atoms with van der Waals surface area (Å²) in [6, 6.07) is 5.48. The zero-order valence-electron chi connectivity index (χ0n) is 10.4. The number of rotatable bonds is 5. The lowest BCUT2D eigenvalue weighted by atomic mass is 9.94. The molecule has 18 heavy (non-hydrogen) atoms. The van der Waals surface area contributed by atoms with E-state index in [4.69, 9.17) is 11.6 Å². The Balaban J connectivity index is 3.11. The van der Waals surface area contributed by atoms with Crippen LogP contribution in [0.4, 0.5) is 18.9 Å². The molecule has 1 rings (SSSR count). The lowest BCUT2D eigenvalue weighted by molar-refractivity contribution is -0.137. The number of anilines is 1. The molecule has 0 aliphatic carbocycles. The van der Waals surface area contributed by atoms with Crippen LogP contribution in [-0.4, -0.2) is 11.4 Å². The average Bonchev–Trinajstić information content (AvgIpc) is 2.35. The van der Waals surface area contributed by atoms with Crippen LogP contribution in [0.25, 0.3) is 0 Å². The van der Waals surface area contributed by atoms with Crippen molar-refractivity contribution in [2.24, 2.45) is 0 Å². The Kier molecular flexibility index (Phi) is 4.91. The van der Waals surface area contributed by atoms with Crippen LogP contribution in [0.5, 0.6) is 0 Å². The van der Waals surface area contributed by atoms with Gasteiger partial charge in [-0.15, -0.1) is 11.6 Å². The van der Waals surface area contributed by atoms with Gasteiger partial charge in [-0.1, -0.05) is 26.0 Å². The SMILES string of the molecule is CCC(CC)(CCl)Nc1ccccc1C(F)(F)F. The van der Waals surface area contributed by atoms with Gasteiger partial charge in [0.05, 0.1) is 11.1 Å². The number of para-hydroxylation sites is 1. The number of hydrogen-bond acceptors (Lipinski definition) is 1. The monoisotopic (exact) mass is 279 g/mol. The fraction of sp³-hybridized carbons (Fsp3) is 0.538. The van der Waals surface area contributed by atoms with Gasteiger partial charge < -0.3 is 5.32 Å². The summed E-state index contributed by atoms with van der Waals surface area (Å²) >= 11 is 5.90. The summed E-state index contributed by atoms with van der Waals surface area (Å²) in [7, 11) is 0. The quantitative estimate of drug-likeness (QED) is 0.755. The van der Waals surface area contributed by atoms with E-state index in [0.717, 1.165) is 6.07 Å². The number of hydrogen-bond donors (Lipinski definition) is 1. The summed E-state index contributed by atoms with van der Waals surface area (Å²) < 4.78 is 38.6. The van der Waals surface area contributed by atoms with Gasteiger partial charge in [0, 0.05) is 11.6 Å². The molecule has 1 N–H and O–H groups in total. The normalized spacial score (nSPS) is 12.6. The lowest BCUT2D eigenvalue weighted by Crippen LogP contribution is -2.39. The third-order valence-corrected chi connectivity index (χ3v) is 3.75. The third-order valence-electron chi connectivity index (χ3n) is 3.24. The average molecular weight is 280 g/mol. The summed E-state index contributed by atoms with van der Waals surface area (Å²) in [5.74, 6) is 0.270. The molecule has 0 aliphatic heterocycles. The number of halogens is 4. The van der Waals surface area contributed by atoms with Gasteiger partial charge in [0.1, 0.15) is 0 Å². The topological polar surface area (TPSA) is 12.0 Å². The first kappa shape index (κ1) is 15.2. The molecule has 0 saturated carbocycles. The van der Waals surface area contributed by atoms with E-state index >= 15 is 0 Å². The van der Waals surface area contributed by atoms with E-state index < -0.39 is 17.3 Å². The minimum absolute atomic E-state index is 0.0920. The number of benzene rings is 1. The molecule has 0 aliphatic rings. The maximum absolute atomic E-state index is 12.9. The highest BCUT2D eigenvalue weighted by Crippen LogP contribution is 2.36. The lowest BCUT2D eigenvalue weighted by Gasteiger charge is -2.33. The molecule has 5 heteroatoms. The van der Waals surface area contributed by atoms with Crippen molar-refractivity contribution in [1.82, 2.24) is 0 Å². The van der Waals surface area contributed by atoms with Crippen LogP contribution in [-0.2, 0) is 6.18 Å². The van der Waals surface area contributed by atoms with Gasteiger partial charge in [0.15, 0.2) is 0 Å². The van der Waals surface area contributed by atoms with Crippen molar-refractivity contribution in [2.75, 3.05) is 11.2 Å². The molecule has 1 aromatic rings. The van der Waals surface area contributed by atoms with Crippen molar-refractivity contribution in [1.29, 1.82) is 0 Å². The van der Waals surface area contributed by atoms with Gasteiger partial charge in [-0.25, -0.2) is 0 Å². The zero-order chi connectivity index (χ0) is 13.8. The van der Waals surface area contributed by atoms with Crippen molar-refractivity contribution in [3.05, 3.63) is 29.8 Å². The highest BCUT2D eigenvalue weighted by molar-refractivity contribution is 6.18. The summed E-state index contributed by atoms with van der Waals surface area (Å²) in [4.78, 5) is 0. The van der Waals surface area contributed by atoms with Gasteiger partial charge in [-0.2, -0.15) is 13.2 Å². The Hall–Kier alpha value is -0.900. The van der Waals surface area contributed by atoms with E-state index in [1.165, 1.54) is 12.1 Å². The Labute approximate surface area is 110 Å². The molecule has 0 amide bonds. The van der Waals surface area contributed by atoms with Crippen molar-refractivity contribution >= 4 is 17.3 Å². The van der Waals surface area contributed by atoms with Crippen LogP contribution in [0.1, 0.15) is 32.3 Å². The van der Waals surface area contributed by atoms with Crippen LogP contribution in [0, 0.1) is 0 Å². The van der Waals surface area contributed by atoms with Crippen molar-refractivity contribution in [3.8, 4) is 0 Å². The maximum Gasteiger partial charge on any atom is 0.418 e. The highest BCUT2D eigenvalue weighted by atomic mass is 35.5. The molecule has 0 aromatic heterocycles. The molecule has 1 aromatic carbocycles. The van der Waals surface area contributed by atoms with E-state index in [1.807, 2.05) is 13.8 Å². The maximum atomic E-state index is 12.9. The van der Waals surface area contributed by atoms with Crippen LogP contribution in [0.2, 0.25) is 0 Å². The van der Waals surface area contributed by atoms with Crippen molar-refractivity contribution < 1.29 is 13.2 Å². The summed E-state index contributed by atoms with van der Waals surface area (Å²) in [5.41, 5.74) is -1.06. The number of alkyl halides is 4. The van der Waals surface area contributed by atoms with Crippen LogP contribution < -0.4 is 5.32 Å². The number of nitrogens with one attached hydrogen (secondary N) is 1. The molecular formula is C13H17ClF3N. The van der Waals surface area contributed by atoms with E-state index in [0.29, 0.717) is 12.8 Å². The van der Waals surface area contributed by atoms with Crippen molar-refractivity contribution in [3.63, 3.8) is 0 Å². The predicted octanol–water partition coefficient (Wildman–Crippen LogP) is 4.91. The van der Waals surface area contributed by atoms with Crippen molar-refractivity contribution in [2.45, 2.75) is 38.4 Å². The molecule has 0 saturated heterocycles. The molecule has 0 radical (unpaired) electrons. The van der Waals surface area contributed by atoms with Gasteiger partial charge in [0.2, 0.25) is 0 Å². The van der Waals surface area contributed by atoms with Crippen LogP contribution in [0.3, 0.4) is 0 Å². The van der Waals surface area contributed by atoms with Gasteiger partial charge in [-0.3, -0.25) is 0 Å². The predicted molar refractivity (Wildman–Crippen MR) is 69.1 cm³/mol. The van der Waals surface area contributed by atoms with Crippen LogP contribution in [0.15, 0.2) is 24.3 Å². The minimum Gasteiger partial charge on any atom is -0.378 e. The Morgan fingerprint density at radius 2 is 1.67 bits per heavy atom. The first-order valence-electron chi connectivity index (χ1n) is 5.89. The standard InChI is InChI=1S/C13H17ClF3N/c1-3-12(4-2,9-14)18-11-8-6-5-7-10(11)13(15,16)17/h5-8,18H,3-4,9H2,1-2H3. The fourth-order valence-electron chi connectivity index (χ4n) is 1.77. The van der Waals surface area contributed by atoms with E-state index in [9.17, 15) is 13.2 Å². The van der Waals surface area contributed by atoms with E-state index in [-0.39, 0.29) is 11.6 Å². The van der Waals surface area contributed by atoms with Crippen LogP contribution >= 0.6 is 11.6 Å². The molecule has 0 heterocycles. The van der Waals surface area contributed by atoms with E-state index in [2.05, 4.69) is 5.32 Å². The minimum atomic E-state index is -4.36. The first-order chi connectivity index (χ1) is 8.38. The molecule has 0 fully saturated rings. The Bertz CT molecular complexity index is 378. The van der Waals surface area contributed by atoms with Gasteiger partial charge in [0.25, 0.3) is 0 Å². The second-order valence-corrected chi connectivity index (χ2v) is 4.56. The Morgan fingerprint density at radius 3 is 2.11 bits per heavy atom. The smallest absolute Gasteiger partial charge is 0.378 e. The first-order valence-corrected chi connectivity index (χ1v) is 6.42. The Morgan fingerprint density at radius 1 is 1.11 bits per heavy atom. The summed E-state index contributed by atoms with van der Waals surface area (Å²) in [6.07, 6.45) is -3.03.